The molecule has 0 unspecified atom stereocenters. The zero-order valence-electron chi connectivity index (χ0n) is 11.1. The molecule has 0 aliphatic heterocycles. The van der Waals surface area contributed by atoms with Gasteiger partial charge in [-0.1, -0.05) is 12.8 Å². The Labute approximate surface area is 112 Å². The second kappa shape index (κ2) is 5.97. The van der Waals surface area contributed by atoms with E-state index in [9.17, 15) is 15.2 Å². The van der Waals surface area contributed by atoms with Gasteiger partial charge in [-0.2, -0.15) is 0 Å². The molecule has 0 amide bonds. The third kappa shape index (κ3) is 3.01. The topological polar surface area (TPSA) is 79.5 Å². The predicted octanol–water partition coefficient (Wildman–Crippen LogP) is 2.04. The zero-order valence-corrected chi connectivity index (χ0v) is 11.1. The van der Waals surface area contributed by atoms with E-state index >= 15 is 0 Å². The molecule has 0 saturated heterocycles. The number of aryl methyl sites for hydroxylation is 1. The first-order valence-electron chi connectivity index (χ1n) is 6.62. The van der Waals surface area contributed by atoms with Crippen LogP contribution < -0.4 is 4.90 Å². The lowest BCUT2D eigenvalue weighted by atomic mass is 10.2. The molecule has 0 radical (unpaired) electrons. The van der Waals surface area contributed by atoms with Gasteiger partial charge in [0.2, 0.25) is 0 Å². The van der Waals surface area contributed by atoms with Crippen LogP contribution in [0.25, 0.3) is 0 Å². The Hall–Kier alpha value is -1.69. The SMILES string of the molecule is Cc1cnc(N(CCO)C2CCCC2)cc1[N+](=O)[O-]. The van der Waals surface area contributed by atoms with Gasteiger partial charge in [-0.3, -0.25) is 10.1 Å². The highest BCUT2D eigenvalue weighted by Gasteiger charge is 2.25. The number of anilines is 1. The summed E-state index contributed by atoms with van der Waals surface area (Å²) in [5.74, 6) is 0.596. The molecule has 1 heterocycles. The minimum absolute atomic E-state index is 0.0276. The van der Waals surface area contributed by atoms with Crippen LogP contribution in [-0.4, -0.2) is 34.2 Å². The molecule has 1 aromatic heterocycles. The summed E-state index contributed by atoms with van der Waals surface area (Å²) in [6.07, 6.45) is 5.99. The predicted molar refractivity (Wildman–Crippen MR) is 72.3 cm³/mol. The lowest BCUT2D eigenvalue weighted by molar-refractivity contribution is -0.385. The van der Waals surface area contributed by atoms with Gasteiger partial charge in [0.25, 0.3) is 5.69 Å². The maximum absolute atomic E-state index is 11.0. The standard InChI is InChI=1S/C13H19N3O3/c1-10-9-14-13(8-12(10)16(18)19)15(6-7-17)11-4-2-3-5-11/h8-9,11,17H,2-7H2,1H3. The molecule has 0 spiro atoms. The number of rotatable bonds is 5. The molecular formula is C13H19N3O3. The van der Waals surface area contributed by atoms with E-state index in [1.807, 2.05) is 4.90 Å². The van der Waals surface area contributed by atoms with Crippen LogP contribution >= 0.6 is 0 Å². The van der Waals surface area contributed by atoms with Gasteiger partial charge >= 0.3 is 0 Å². The molecule has 0 atom stereocenters. The Morgan fingerprint density at radius 2 is 2.21 bits per heavy atom. The molecule has 104 valence electrons. The summed E-state index contributed by atoms with van der Waals surface area (Å²) in [4.78, 5) is 16.9. The van der Waals surface area contributed by atoms with Gasteiger partial charge in [0.1, 0.15) is 5.82 Å². The molecule has 19 heavy (non-hydrogen) atoms. The number of aliphatic hydroxyl groups is 1. The van der Waals surface area contributed by atoms with Gasteiger partial charge in [0.15, 0.2) is 0 Å². The second-order valence-electron chi connectivity index (χ2n) is 4.94. The van der Waals surface area contributed by atoms with Crippen LogP contribution in [0, 0.1) is 17.0 Å². The maximum atomic E-state index is 11.0. The van der Waals surface area contributed by atoms with Crippen molar-refractivity contribution in [3.8, 4) is 0 Å². The fourth-order valence-corrected chi connectivity index (χ4v) is 2.66. The number of hydrogen-bond donors (Lipinski definition) is 1. The van der Waals surface area contributed by atoms with E-state index in [4.69, 9.17) is 0 Å². The number of aliphatic hydroxyl groups excluding tert-OH is 1. The molecule has 1 aliphatic rings. The molecule has 1 N–H and O–H groups in total. The normalized spacial score (nSPS) is 15.7. The van der Waals surface area contributed by atoms with Gasteiger partial charge in [-0.15, -0.1) is 0 Å². The molecule has 1 aromatic rings. The average molecular weight is 265 g/mol. The minimum atomic E-state index is -0.383. The quantitative estimate of drug-likeness (QED) is 0.651. The summed E-state index contributed by atoms with van der Waals surface area (Å²) < 4.78 is 0. The van der Waals surface area contributed by atoms with Crippen molar-refractivity contribution >= 4 is 11.5 Å². The first-order valence-corrected chi connectivity index (χ1v) is 6.62. The van der Waals surface area contributed by atoms with Crippen LogP contribution in [-0.2, 0) is 0 Å². The van der Waals surface area contributed by atoms with E-state index in [-0.39, 0.29) is 17.2 Å². The Kier molecular flexibility index (Phi) is 4.31. The van der Waals surface area contributed by atoms with E-state index in [1.165, 1.54) is 25.1 Å². The summed E-state index contributed by atoms with van der Waals surface area (Å²) >= 11 is 0. The number of nitro groups is 1. The lowest BCUT2D eigenvalue weighted by Gasteiger charge is -2.29. The lowest BCUT2D eigenvalue weighted by Crippen LogP contribution is -2.36. The first-order chi connectivity index (χ1) is 9.13. The largest absolute Gasteiger partial charge is 0.395 e. The molecular weight excluding hydrogens is 246 g/mol. The number of nitrogens with zero attached hydrogens (tertiary/aromatic N) is 3. The Balaban J connectivity index is 2.30. The van der Waals surface area contributed by atoms with E-state index in [0.29, 0.717) is 24.0 Å². The van der Waals surface area contributed by atoms with Crippen molar-refractivity contribution < 1.29 is 10.0 Å². The van der Waals surface area contributed by atoms with Crippen molar-refractivity contribution in [3.63, 3.8) is 0 Å². The van der Waals surface area contributed by atoms with Crippen molar-refractivity contribution in [2.45, 2.75) is 38.6 Å². The Morgan fingerprint density at radius 1 is 1.53 bits per heavy atom. The van der Waals surface area contributed by atoms with Crippen LogP contribution in [0.3, 0.4) is 0 Å². The number of hydrogen-bond acceptors (Lipinski definition) is 5. The summed E-state index contributed by atoms with van der Waals surface area (Å²) in [5, 5.41) is 20.2. The van der Waals surface area contributed by atoms with E-state index in [1.54, 1.807) is 6.92 Å². The molecule has 2 rings (SSSR count). The van der Waals surface area contributed by atoms with Crippen LogP contribution in [0.2, 0.25) is 0 Å². The van der Waals surface area contributed by atoms with Crippen LogP contribution in [0.5, 0.6) is 0 Å². The van der Waals surface area contributed by atoms with Crippen LogP contribution in [0.15, 0.2) is 12.3 Å². The highest BCUT2D eigenvalue weighted by Crippen LogP contribution is 2.29. The third-order valence-electron chi connectivity index (χ3n) is 3.66. The fraction of sp³-hybridized carbons (Fsp3) is 0.615. The van der Waals surface area contributed by atoms with Gasteiger partial charge in [0.05, 0.1) is 17.6 Å². The highest BCUT2D eigenvalue weighted by atomic mass is 16.6. The summed E-state index contributed by atoms with van der Waals surface area (Å²) in [7, 11) is 0. The molecule has 1 aliphatic carbocycles. The van der Waals surface area contributed by atoms with Crippen molar-refractivity contribution in [1.29, 1.82) is 0 Å². The monoisotopic (exact) mass is 265 g/mol. The summed E-state index contributed by atoms with van der Waals surface area (Å²) in [6, 6.07) is 1.85. The van der Waals surface area contributed by atoms with Gasteiger partial charge in [0, 0.05) is 24.3 Å². The van der Waals surface area contributed by atoms with E-state index < -0.39 is 0 Å². The number of pyridine rings is 1. The molecule has 0 bridgehead atoms. The molecule has 6 heteroatoms. The molecule has 1 fully saturated rings. The zero-order chi connectivity index (χ0) is 13.8. The Bertz CT molecular complexity index is 458. The average Bonchev–Trinajstić information content (AvgIpc) is 2.90. The van der Waals surface area contributed by atoms with Crippen molar-refractivity contribution in [1.82, 2.24) is 4.98 Å². The van der Waals surface area contributed by atoms with Crippen molar-refractivity contribution in [2.75, 3.05) is 18.1 Å². The molecule has 6 nitrogen and oxygen atoms in total. The molecule has 0 aromatic carbocycles. The van der Waals surface area contributed by atoms with Gasteiger partial charge < -0.3 is 10.0 Å². The Morgan fingerprint density at radius 3 is 2.79 bits per heavy atom. The molecule has 1 saturated carbocycles. The van der Waals surface area contributed by atoms with Gasteiger partial charge in [-0.05, 0) is 19.8 Å². The van der Waals surface area contributed by atoms with E-state index in [0.717, 1.165) is 12.8 Å². The third-order valence-corrected chi connectivity index (χ3v) is 3.66. The summed E-state index contributed by atoms with van der Waals surface area (Å²) in [5.41, 5.74) is 0.648. The maximum Gasteiger partial charge on any atom is 0.277 e. The number of aromatic nitrogens is 1. The van der Waals surface area contributed by atoms with Gasteiger partial charge in [-0.25, -0.2) is 4.98 Å². The smallest absolute Gasteiger partial charge is 0.277 e. The van der Waals surface area contributed by atoms with Crippen LogP contribution in [0.4, 0.5) is 11.5 Å². The first kappa shape index (κ1) is 13.7. The van der Waals surface area contributed by atoms with E-state index in [2.05, 4.69) is 4.98 Å². The fourth-order valence-electron chi connectivity index (χ4n) is 2.66. The highest BCUT2D eigenvalue weighted by molar-refractivity contribution is 5.51. The minimum Gasteiger partial charge on any atom is -0.395 e. The van der Waals surface area contributed by atoms with Crippen molar-refractivity contribution in [3.05, 3.63) is 27.9 Å². The van der Waals surface area contributed by atoms with Crippen LogP contribution in [0.1, 0.15) is 31.2 Å². The summed E-state index contributed by atoms with van der Waals surface area (Å²) in [6.45, 7) is 2.18. The second-order valence-corrected chi connectivity index (χ2v) is 4.94. The van der Waals surface area contributed by atoms with Crippen molar-refractivity contribution in [2.24, 2.45) is 0 Å².